The van der Waals surface area contributed by atoms with E-state index in [0.717, 1.165) is 44.0 Å². The minimum atomic E-state index is 0.0802. The standard InChI is InChI=1S/C22H27N3O2/c1-18(26)20-8-10-21(11-9-20)24-12-14-25(15-13-24)22(27)17-23(2)16-19-6-4-3-5-7-19/h3-11H,12-17H2,1-2H3. The Labute approximate surface area is 161 Å². The molecule has 5 nitrogen and oxygen atoms in total. The number of hydrogen-bond donors (Lipinski definition) is 0. The van der Waals surface area contributed by atoms with Crippen LogP contribution >= 0.6 is 0 Å². The molecule has 0 unspecified atom stereocenters. The Morgan fingerprint density at radius 2 is 1.56 bits per heavy atom. The van der Waals surface area contributed by atoms with Crippen LogP contribution in [0.1, 0.15) is 22.8 Å². The second kappa shape index (κ2) is 8.82. The van der Waals surface area contributed by atoms with Gasteiger partial charge in [-0.25, -0.2) is 0 Å². The molecule has 2 aromatic carbocycles. The van der Waals surface area contributed by atoms with Crippen molar-refractivity contribution < 1.29 is 9.59 Å². The van der Waals surface area contributed by atoms with Gasteiger partial charge in [0.25, 0.3) is 0 Å². The van der Waals surface area contributed by atoms with Gasteiger partial charge in [0.05, 0.1) is 6.54 Å². The van der Waals surface area contributed by atoms with E-state index in [2.05, 4.69) is 21.9 Å². The summed E-state index contributed by atoms with van der Waals surface area (Å²) in [6.07, 6.45) is 0. The number of likely N-dealkylation sites (N-methyl/N-ethyl adjacent to an activating group) is 1. The van der Waals surface area contributed by atoms with Crippen LogP contribution in [0.25, 0.3) is 0 Å². The summed E-state index contributed by atoms with van der Waals surface area (Å²) in [6.45, 7) is 5.87. The summed E-state index contributed by atoms with van der Waals surface area (Å²) in [5.41, 5.74) is 3.05. The molecule has 1 aliphatic heterocycles. The Hall–Kier alpha value is -2.66. The first kappa shape index (κ1) is 19.1. The second-order valence-electron chi connectivity index (χ2n) is 7.13. The first-order chi connectivity index (χ1) is 13.0. The van der Waals surface area contributed by atoms with Gasteiger partial charge in [0.1, 0.15) is 0 Å². The molecule has 0 spiro atoms. The zero-order valence-corrected chi connectivity index (χ0v) is 16.1. The maximum absolute atomic E-state index is 12.6. The van der Waals surface area contributed by atoms with Gasteiger partial charge < -0.3 is 9.80 Å². The highest BCUT2D eigenvalue weighted by molar-refractivity contribution is 5.94. The minimum absolute atomic E-state index is 0.0802. The Bertz CT molecular complexity index is 766. The van der Waals surface area contributed by atoms with Crippen molar-refractivity contribution in [3.8, 4) is 0 Å². The maximum Gasteiger partial charge on any atom is 0.236 e. The molecule has 27 heavy (non-hydrogen) atoms. The fourth-order valence-corrected chi connectivity index (χ4v) is 3.40. The van der Waals surface area contributed by atoms with Gasteiger partial charge >= 0.3 is 0 Å². The minimum Gasteiger partial charge on any atom is -0.368 e. The van der Waals surface area contributed by atoms with Gasteiger partial charge in [-0.15, -0.1) is 0 Å². The average molecular weight is 365 g/mol. The molecular formula is C22H27N3O2. The summed E-state index contributed by atoms with van der Waals surface area (Å²) < 4.78 is 0. The van der Waals surface area contributed by atoms with Gasteiger partial charge in [0, 0.05) is 44.0 Å². The summed E-state index contributed by atoms with van der Waals surface area (Å²) >= 11 is 0. The van der Waals surface area contributed by atoms with E-state index in [1.807, 2.05) is 54.4 Å². The van der Waals surface area contributed by atoms with E-state index in [1.54, 1.807) is 6.92 Å². The van der Waals surface area contributed by atoms with Crippen molar-refractivity contribution in [2.45, 2.75) is 13.5 Å². The van der Waals surface area contributed by atoms with Crippen molar-refractivity contribution in [3.63, 3.8) is 0 Å². The fraction of sp³-hybridized carbons (Fsp3) is 0.364. The SMILES string of the molecule is CC(=O)c1ccc(N2CCN(C(=O)CN(C)Cc3ccccc3)CC2)cc1. The average Bonchev–Trinajstić information content (AvgIpc) is 2.69. The highest BCUT2D eigenvalue weighted by atomic mass is 16.2. The molecule has 1 fully saturated rings. The number of hydrogen-bond acceptors (Lipinski definition) is 4. The van der Waals surface area contributed by atoms with Gasteiger partial charge in [-0.3, -0.25) is 14.5 Å². The molecule has 0 atom stereocenters. The largest absolute Gasteiger partial charge is 0.368 e. The van der Waals surface area contributed by atoms with E-state index < -0.39 is 0 Å². The molecule has 1 aliphatic rings. The van der Waals surface area contributed by atoms with E-state index in [4.69, 9.17) is 0 Å². The van der Waals surface area contributed by atoms with Crippen LogP contribution in [0.2, 0.25) is 0 Å². The molecule has 5 heteroatoms. The lowest BCUT2D eigenvalue weighted by Crippen LogP contribution is -2.51. The molecule has 0 N–H and O–H groups in total. The third-order valence-corrected chi connectivity index (χ3v) is 4.97. The third kappa shape index (κ3) is 5.17. The quantitative estimate of drug-likeness (QED) is 0.739. The number of amides is 1. The molecule has 1 saturated heterocycles. The second-order valence-corrected chi connectivity index (χ2v) is 7.13. The lowest BCUT2D eigenvalue weighted by atomic mass is 10.1. The molecule has 0 aliphatic carbocycles. The first-order valence-electron chi connectivity index (χ1n) is 9.39. The highest BCUT2D eigenvalue weighted by Gasteiger charge is 2.22. The predicted octanol–water partition coefficient (Wildman–Crippen LogP) is 2.67. The summed E-state index contributed by atoms with van der Waals surface area (Å²) in [6, 6.07) is 17.9. The Morgan fingerprint density at radius 3 is 2.15 bits per heavy atom. The summed E-state index contributed by atoms with van der Waals surface area (Å²) in [5, 5.41) is 0. The van der Waals surface area contributed by atoms with Gasteiger partial charge in [-0.1, -0.05) is 30.3 Å². The number of anilines is 1. The van der Waals surface area contributed by atoms with E-state index in [9.17, 15) is 9.59 Å². The van der Waals surface area contributed by atoms with Crippen LogP contribution in [0.3, 0.4) is 0 Å². The topological polar surface area (TPSA) is 43.9 Å². The van der Waals surface area contributed by atoms with E-state index in [1.165, 1.54) is 5.56 Å². The monoisotopic (exact) mass is 365 g/mol. The summed E-state index contributed by atoms with van der Waals surface area (Å²) in [5.74, 6) is 0.261. The number of Topliss-reactive ketones (excluding diaryl/α,β-unsaturated/α-hetero) is 1. The number of piperazine rings is 1. The summed E-state index contributed by atoms with van der Waals surface area (Å²) in [4.78, 5) is 30.3. The molecule has 1 heterocycles. The van der Waals surface area contributed by atoms with Crippen LogP contribution in [0.15, 0.2) is 54.6 Å². The smallest absolute Gasteiger partial charge is 0.236 e. The lowest BCUT2D eigenvalue weighted by molar-refractivity contribution is -0.132. The van der Waals surface area contributed by atoms with Crippen molar-refractivity contribution >= 4 is 17.4 Å². The van der Waals surface area contributed by atoms with Crippen molar-refractivity contribution in [2.24, 2.45) is 0 Å². The van der Waals surface area contributed by atoms with Crippen molar-refractivity contribution in [2.75, 3.05) is 44.7 Å². The van der Waals surface area contributed by atoms with E-state index >= 15 is 0 Å². The molecular weight excluding hydrogens is 338 g/mol. The van der Waals surface area contributed by atoms with Gasteiger partial charge in [0.15, 0.2) is 5.78 Å². The van der Waals surface area contributed by atoms with Crippen molar-refractivity contribution in [1.29, 1.82) is 0 Å². The zero-order chi connectivity index (χ0) is 19.2. The van der Waals surface area contributed by atoms with Crippen LogP contribution in [0.5, 0.6) is 0 Å². The van der Waals surface area contributed by atoms with E-state index in [-0.39, 0.29) is 11.7 Å². The highest BCUT2D eigenvalue weighted by Crippen LogP contribution is 2.18. The number of benzene rings is 2. The number of carbonyl (C=O) groups is 2. The molecule has 142 valence electrons. The number of ketones is 1. The Morgan fingerprint density at radius 1 is 0.926 bits per heavy atom. The summed E-state index contributed by atoms with van der Waals surface area (Å²) in [7, 11) is 1.98. The fourth-order valence-electron chi connectivity index (χ4n) is 3.40. The Balaban J connectivity index is 1.48. The molecule has 0 aromatic heterocycles. The van der Waals surface area contributed by atoms with E-state index in [0.29, 0.717) is 6.54 Å². The molecule has 3 rings (SSSR count). The molecule has 0 radical (unpaired) electrons. The zero-order valence-electron chi connectivity index (χ0n) is 16.1. The van der Waals surface area contributed by atoms with Crippen LogP contribution in [-0.2, 0) is 11.3 Å². The van der Waals surface area contributed by atoms with Crippen LogP contribution < -0.4 is 4.90 Å². The molecule has 1 amide bonds. The predicted molar refractivity (Wildman–Crippen MR) is 108 cm³/mol. The number of nitrogens with zero attached hydrogens (tertiary/aromatic N) is 3. The number of carbonyl (C=O) groups excluding carboxylic acids is 2. The van der Waals surface area contributed by atoms with Crippen molar-refractivity contribution in [3.05, 3.63) is 65.7 Å². The van der Waals surface area contributed by atoms with Gasteiger partial charge in [-0.2, -0.15) is 0 Å². The normalized spacial score (nSPS) is 14.5. The Kier molecular flexibility index (Phi) is 6.24. The van der Waals surface area contributed by atoms with Crippen LogP contribution in [-0.4, -0.2) is 61.3 Å². The van der Waals surface area contributed by atoms with Crippen molar-refractivity contribution in [1.82, 2.24) is 9.80 Å². The third-order valence-electron chi connectivity index (χ3n) is 4.97. The van der Waals surface area contributed by atoms with Gasteiger partial charge in [-0.05, 0) is 43.8 Å². The van der Waals surface area contributed by atoms with Crippen LogP contribution in [0.4, 0.5) is 5.69 Å². The lowest BCUT2D eigenvalue weighted by Gasteiger charge is -2.36. The number of rotatable bonds is 6. The van der Waals surface area contributed by atoms with Crippen LogP contribution in [0, 0.1) is 0 Å². The first-order valence-corrected chi connectivity index (χ1v) is 9.39. The molecule has 2 aromatic rings. The van der Waals surface area contributed by atoms with Gasteiger partial charge in [0.2, 0.25) is 5.91 Å². The molecule has 0 bridgehead atoms. The maximum atomic E-state index is 12.6. The molecule has 0 saturated carbocycles.